The molecule has 2 aliphatic rings. The van der Waals surface area contributed by atoms with E-state index in [0.717, 1.165) is 6.54 Å². The lowest BCUT2D eigenvalue weighted by molar-refractivity contribution is 0.122. The Kier molecular flexibility index (Phi) is 3.94. The van der Waals surface area contributed by atoms with E-state index in [2.05, 4.69) is 51.4 Å². The van der Waals surface area contributed by atoms with E-state index in [9.17, 15) is 0 Å². The first-order valence-corrected chi connectivity index (χ1v) is 10.3. The van der Waals surface area contributed by atoms with Gasteiger partial charge in [0.1, 0.15) is 0 Å². The van der Waals surface area contributed by atoms with Gasteiger partial charge < -0.3 is 15.1 Å². The van der Waals surface area contributed by atoms with Gasteiger partial charge in [-0.05, 0) is 37.9 Å². The molecule has 2 fully saturated rings. The number of hydrogen-bond acceptors (Lipinski definition) is 3. The molecule has 4 heteroatoms. The Morgan fingerprint density at radius 1 is 1.22 bits per heavy atom. The molecule has 18 heavy (non-hydrogen) atoms. The van der Waals surface area contributed by atoms with E-state index in [4.69, 9.17) is 4.43 Å². The lowest BCUT2D eigenvalue weighted by Gasteiger charge is -2.43. The molecule has 0 amide bonds. The fourth-order valence-electron chi connectivity index (χ4n) is 2.92. The summed E-state index contributed by atoms with van der Waals surface area (Å²) in [5.41, 5.74) is 0. The Hall–Kier alpha value is 0.0969. The maximum atomic E-state index is 6.53. The summed E-state index contributed by atoms with van der Waals surface area (Å²) in [6, 6.07) is 1.80. The lowest BCUT2D eigenvalue weighted by Crippen LogP contribution is -2.61. The second-order valence-corrected chi connectivity index (χ2v) is 12.3. The highest BCUT2D eigenvalue weighted by molar-refractivity contribution is 6.74. The molecule has 106 valence electrons. The summed E-state index contributed by atoms with van der Waals surface area (Å²) in [7, 11) is -1.65. The van der Waals surface area contributed by atoms with Gasteiger partial charge in [-0.25, -0.2) is 0 Å². The average molecular weight is 270 g/mol. The Morgan fingerprint density at radius 2 is 1.89 bits per heavy atom. The van der Waals surface area contributed by atoms with Crippen LogP contribution in [-0.2, 0) is 4.43 Å². The molecule has 0 spiro atoms. The third kappa shape index (κ3) is 2.82. The summed E-state index contributed by atoms with van der Waals surface area (Å²) in [4.78, 5) is 0. The van der Waals surface area contributed by atoms with E-state index >= 15 is 0 Å². The molecule has 4 atom stereocenters. The topological polar surface area (TPSA) is 33.3 Å². The molecule has 2 aliphatic heterocycles. The van der Waals surface area contributed by atoms with E-state index < -0.39 is 8.32 Å². The van der Waals surface area contributed by atoms with Crippen molar-refractivity contribution in [1.82, 2.24) is 10.6 Å². The van der Waals surface area contributed by atoms with Crippen LogP contribution in [0.1, 0.15) is 40.5 Å². The lowest BCUT2D eigenvalue weighted by atomic mass is 10.0. The van der Waals surface area contributed by atoms with E-state index in [1.165, 1.54) is 12.8 Å². The number of rotatable bonds is 3. The van der Waals surface area contributed by atoms with Crippen LogP contribution in [0.25, 0.3) is 0 Å². The number of fused-ring (bicyclic) bond motifs is 2. The van der Waals surface area contributed by atoms with E-state index in [-0.39, 0.29) is 0 Å². The van der Waals surface area contributed by atoms with E-state index in [0.29, 0.717) is 29.3 Å². The van der Waals surface area contributed by atoms with Crippen molar-refractivity contribution < 1.29 is 4.43 Å². The van der Waals surface area contributed by atoms with Crippen molar-refractivity contribution in [3.8, 4) is 0 Å². The van der Waals surface area contributed by atoms with Crippen LogP contribution < -0.4 is 10.6 Å². The summed E-state index contributed by atoms with van der Waals surface area (Å²) in [6.45, 7) is 15.0. The Morgan fingerprint density at radius 3 is 2.50 bits per heavy atom. The highest BCUT2D eigenvalue weighted by Crippen LogP contribution is 2.38. The van der Waals surface area contributed by atoms with Crippen molar-refractivity contribution in [1.29, 1.82) is 0 Å². The van der Waals surface area contributed by atoms with E-state index in [1.54, 1.807) is 0 Å². The monoisotopic (exact) mass is 270 g/mol. The van der Waals surface area contributed by atoms with Gasteiger partial charge in [0.15, 0.2) is 8.32 Å². The molecule has 0 unspecified atom stereocenters. The van der Waals surface area contributed by atoms with Crippen LogP contribution in [-0.4, -0.2) is 39.1 Å². The van der Waals surface area contributed by atoms with Gasteiger partial charge in [-0.15, -0.1) is 0 Å². The number of piperazine rings is 1. The number of hydrogen-bond donors (Lipinski definition) is 2. The molecule has 3 nitrogen and oxygen atoms in total. The zero-order valence-corrected chi connectivity index (χ0v) is 13.8. The first-order chi connectivity index (χ1) is 8.21. The summed E-state index contributed by atoms with van der Waals surface area (Å²) in [5.74, 6) is 0. The van der Waals surface area contributed by atoms with Crippen molar-refractivity contribution in [2.24, 2.45) is 0 Å². The maximum Gasteiger partial charge on any atom is 0.192 e. The molecule has 2 rings (SSSR count). The molecule has 0 aromatic heterocycles. The predicted octanol–water partition coefficient (Wildman–Crippen LogP) is 2.49. The first kappa shape index (κ1) is 14.5. The number of nitrogens with one attached hydrogen (secondary N) is 2. The van der Waals surface area contributed by atoms with Crippen molar-refractivity contribution in [3.63, 3.8) is 0 Å². The third-order valence-electron chi connectivity index (χ3n) is 5.10. The van der Waals surface area contributed by atoms with Crippen LogP contribution >= 0.6 is 0 Å². The first-order valence-electron chi connectivity index (χ1n) is 7.38. The van der Waals surface area contributed by atoms with Gasteiger partial charge in [0.05, 0.1) is 6.10 Å². The van der Waals surface area contributed by atoms with Gasteiger partial charge in [-0.1, -0.05) is 20.8 Å². The van der Waals surface area contributed by atoms with Gasteiger partial charge in [-0.2, -0.15) is 0 Å². The molecule has 0 aliphatic carbocycles. The summed E-state index contributed by atoms with van der Waals surface area (Å²) in [5, 5.41) is 7.70. The smallest absolute Gasteiger partial charge is 0.192 e. The second-order valence-electron chi connectivity index (χ2n) is 7.56. The quantitative estimate of drug-likeness (QED) is 0.773. The molecule has 0 radical (unpaired) electrons. The Bertz CT molecular complexity index is 301. The second kappa shape index (κ2) is 4.89. The SMILES string of the molecule is C[C@H](O[Si](C)(C)C(C)(C)C)[C@H]1NC[C@H]2CC[C@@H]1N2. The van der Waals surface area contributed by atoms with Crippen LogP contribution in [0.4, 0.5) is 0 Å². The molecular formula is C14H30N2OSi. The summed E-state index contributed by atoms with van der Waals surface area (Å²) >= 11 is 0. The minimum Gasteiger partial charge on any atom is -0.413 e. The van der Waals surface area contributed by atoms with Gasteiger partial charge in [-0.3, -0.25) is 0 Å². The third-order valence-corrected chi connectivity index (χ3v) is 9.68. The van der Waals surface area contributed by atoms with Gasteiger partial charge in [0, 0.05) is 24.7 Å². The highest BCUT2D eigenvalue weighted by atomic mass is 28.4. The maximum absolute atomic E-state index is 6.53. The average Bonchev–Trinajstić information content (AvgIpc) is 2.58. The van der Waals surface area contributed by atoms with Crippen LogP contribution in [0.5, 0.6) is 0 Å². The minimum absolute atomic E-state index is 0.293. The van der Waals surface area contributed by atoms with Crippen molar-refractivity contribution in [2.75, 3.05) is 6.54 Å². The Labute approximate surface area is 113 Å². The largest absolute Gasteiger partial charge is 0.413 e. The Balaban J connectivity index is 1.97. The van der Waals surface area contributed by atoms with Crippen LogP contribution in [0, 0.1) is 0 Å². The van der Waals surface area contributed by atoms with Gasteiger partial charge >= 0.3 is 0 Å². The van der Waals surface area contributed by atoms with Crippen molar-refractivity contribution in [3.05, 3.63) is 0 Å². The fraction of sp³-hybridized carbons (Fsp3) is 1.00. The molecule has 2 N–H and O–H groups in total. The molecule has 2 heterocycles. The van der Waals surface area contributed by atoms with Crippen molar-refractivity contribution >= 4 is 8.32 Å². The van der Waals surface area contributed by atoms with Gasteiger partial charge in [0.2, 0.25) is 0 Å². The highest BCUT2D eigenvalue weighted by Gasteiger charge is 2.43. The van der Waals surface area contributed by atoms with E-state index in [1.807, 2.05) is 0 Å². The van der Waals surface area contributed by atoms with Crippen LogP contribution in [0.15, 0.2) is 0 Å². The molecule has 2 bridgehead atoms. The summed E-state index contributed by atoms with van der Waals surface area (Å²) in [6.07, 6.45) is 2.93. The molecule has 0 aromatic rings. The normalized spacial score (nSPS) is 34.7. The molecule has 2 saturated heterocycles. The summed E-state index contributed by atoms with van der Waals surface area (Å²) < 4.78 is 6.53. The molecular weight excluding hydrogens is 240 g/mol. The molecule has 0 saturated carbocycles. The fourth-order valence-corrected chi connectivity index (χ4v) is 4.35. The van der Waals surface area contributed by atoms with Gasteiger partial charge in [0.25, 0.3) is 0 Å². The zero-order chi connectivity index (χ0) is 13.6. The van der Waals surface area contributed by atoms with Crippen molar-refractivity contribution in [2.45, 2.75) is 82.9 Å². The predicted molar refractivity (Wildman–Crippen MR) is 79.5 cm³/mol. The standard InChI is InChI=1S/C14H30N2OSi/c1-10(17-18(5,6)14(2,3)4)13-12-8-7-11(16-12)9-15-13/h10-13,15-16H,7-9H2,1-6H3/t10-,11+,12-,13+/m0/s1. The van der Waals surface area contributed by atoms with Crippen LogP contribution in [0.3, 0.4) is 0 Å². The minimum atomic E-state index is -1.65. The van der Waals surface area contributed by atoms with Crippen LogP contribution in [0.2, 0.25) is 18.1 Å². The molecule has 0 aromatic carbocycles. The zero-order valence-electron chi connectivity index (χ0n) is 12.8.